The van der Waals surface area contributed by atoms with Gasteiger partial charge in [-0.3, -0.25) is 0 Å². The van der Waals surface area contributed by atoms with Crippen molar-refractivity contribution in [3.8, 4) is 5.75 Å². The molecule has 5 nitrogen and oxygen atoms in total. The Morgan fingerprint density at radius 1 is 1.33 bits per heavy atom. The van der Waals surface area contributed by atoms with Crippen LogP contribution in [0, 0.1) is 0 Å². The van der Waals surface area contributed by atoms with E-state index >= 15 is 0 Å². The highest BCUT2D eigenvalue weighted by atomic mass is 127. The van der Waals surface area contributed by atoms with Crippen LogP contribution in [0.1, 0.15) is 6.42 Å². The number of alkyl halides is 3. The van der Waals surface area contributed by atoms with Gasteiger partial charge in [-0.2, -0.15) is 0 Å². The number of guanidine groups is 1. The second-order valence-corrected chi connectivity index (χ2v) is 5.27. The zero-order valence-corrected chi connectivity index (χ0v) is 15.5. The van der Waals surface area contributed by atoms with E-state index in [-0.39, 0.29) is 35.7 Å². The average Bonchev–Trinajstić information content (AvgIpc) is 2.47. The number of hydrogen-bond donors (Lipinski definition) is 2. The Kier molecular flexibility index (Phi) is 7.80. The van der Waals surface area contributed by atoms with Gasteiger partial charge in [0.15, 0.2) is 5.96 Å². The number of nitrogens with zero attached hydrogens (tertiary/aromatic N) is 2. The molecule has 0 atom stereocenters. The fourth-order valence-electron chi connectivity index (χ4n) is 2.07. The number of anilines is 1. The lowest BCUT2D eigenvalue weighted by Gasteiger charge is -2.21. The maximum absolute atomic E-state index is 12.1. The molecule has 1 aliphatic heterocycles. The van der Waals surface area contributed by atoms with Crippen molar-refractivity contribution in [1.82, 2.24) is 4.90 Å². The summed E-state index contributed by atoms with van der Waals surface area (Å²) in [4.78, 5) is 6.44. The molecule has 9 heteroatoms. The topological polar surface area (TPSA) is 62.9 Å². The molecule has 0 saturated heterocycles. The predicted molar refractivity (Wildman–Crippen MR) is 98.8 cm³/mol. The molecule has 1 aromatic carbocycles. The zero-order valence-electron chi connectivity index (χ0n) is 13.1. The van der Waals surface area contributed by atoms with Crippen molar-refractivity contribution in [2.24, 2.45) is 10.7 Å². The summed E-state index contributed by atoms with van der Waals surface area (Å²) in [5, 5.41) is 2.83. The zero-order chi connectivity index (χ0) is 16.9. The van der Waals surface area contributed by atoms with E-state index in [2.05, 4.69) is 33.1 Å². The molecule has 0 unspecified atom stereocenters. The van der Waals surface area contributed by atoms with E-state index in [1.165, 1.54) is 29.8 Å². The van der Waals surface area contributed by atoms with Crippen LogP contribution in [0.25, 0.3) is 0 Å². The van der Waals surface area contributed by atoms with Crippen LogP contribution in [0.15, 0.2) is 40.9 Å². The van der Waals surface area contributed by atoms with Gasteiger partial charge in [0, 0.05) is 18.8 Å². The third-order valence-corrected chi connectivity index (χ3v) is 3.32. The van der Waals surface area contributed by atoms with Crippen molar-refractivity contribution >= 4 is 35.6 Å². The summed E-state index contributed by atoms with van der Waals surface area (Å²) in [5.74, 6) is -0.0654. The number of halogens is 4. The summed E-state index contributed by atoms with van der Waals surface area (Å²) in [5.41, 5.74) is 7.54. The number of nitrogens with two attached hydrogens (primary N) is 1. The molecular formula is C15H20F3IN4O. The van der Waals surface area contributed by atoms with Gasteiger partial charge in [-0.25, -0.2) is 4.99 Å². The predicted octanol–water partition coefficient (Wildman–Crippen LogP) is 3.19. The molecule has 0 amide bonds. The van der Waals surface area contributed by atoms with Crippen LogP contribution in [0.3, 0.4) is 0 Å². The maximum Gasteiger partial charge on any atom is 0.573 e. The van der Waals surface area contributed by atoms with E-state index in [0.29, 0.717) is 12.2 Å². The molecule has 0 aliphatic carbocycles. The lowest BCUT2D eigenvalue weighted by atomic mass is 10.1. The van der Waals surface area contributed by atoms with Crippen molar-refractivity contribution in [2.75, 3.05) is 32.0 Å². The molecule has 0 fully saturated rings. The van der Waals surface area contributed by atoms with Crippen LogP contribution in [0.4, 0.5) is 18.9 Å². The molecule has 0 aromatic heterocycles. The highest BCUT2D eigenvalue weighted by Crippen LogP contribution is 2.23. The Labute approximate surface area is 155 Å². The minimum atomic E-state index is -4.70. The van der Waals surface area contributed by atoms with E-state index < -0.39 is 6.36 Å². The lowest BCUT2D eigenvalue weighted by molar-refractivity contribution is -0.274. The summed E-state index contributed by atoms with van der Waals surface area (Å²) in [7, 11) is 2.05. The molecule has 0 spiro atoms. The van der Waals surface area contributed by atoms with Gasteiger partial charge in [0.2, 0.25) is 0 Å². The number of nitrogens with one attached hydrogen (secondary N) is 1. The van der Waals surface area contributed by atoms with Gasteiger partial charge in [-0.15, -0.1) is 37.1 Å². The lowest BCUT2D eigenvalue weighted by Crippen LogP contribution is -2.26. The molecule has 24 heavy (non-hydrogen) atoms. The molecule has 1 aromatic rings. The largest absolute Gasteiger partial charge is 0.573 e. The first kappa shape index (κ1) is 20.6. The van der Waals surface area contributed by atoms with Gasteiger partial charge in [0.05, 0.1) is 6.54 Å². The highest BCUT2D eigenvalue weighted by molar-refractivity contribution is 14.0. The second-order valence-electron chi connectivity index (χ2n) is 5.27. The third kappa shape index (κ3) is 7.39. The molecule has 134 valence electrons. The van der Waals surface area contributed by atoms with E-state index in [1.54, 1.807) is 0 Å². The first-order valence-electron chi connectivity index (χ1n) is 7.11. The fraction of sp³-hybridized carbons (Fsp3) is 0.400. The SMILES string of the molecule is CN1CC=C(CN=C(N)Nc2ccc(OC(F)(F)F)cc2)CC1.I. The van der Waals surface area contributed by atoms with Gasteiger partial charge < -0.3 is 20.7 Å². The summed E-state index contributed by atoms with van der Waals surface area (Å²) in [6.45, 7) is 2.41. The Morgan fingerprint density at radius 3 is 2.54 bits per heavy atom. The fourth-order valence-corrected chi connectivity index (χ4v) is 2.07. The van der Waals surface area contributed by atoms with E-state index in [9.17, 15) is 13.2 Å². The van der Waals surface area contributed by atoms with Gasteiger partial charge >= 0.3 is 6.36 Å². The number of rotatable bonds is 4. The Balaban J connectivity index is 0.00000288. The number of benzene rings is 1. The first-order valence-corrected chi connectivity index (χ1v) is 7.11. The normalized spacial score (nSPS) is 16.2. The van der Waals surface area contributed by atoms with Crippen LogP contribution in [-0.2, 0) is 0 Å². The van der Waals surface area contributed by atoms with E-state index in [0.717, 1.165) is 19.5 Å². The van der Waals surface area contributed by atoms with Gasteiger partial charge in [-0.1, -0.05) is 11.6 Å². The van der Waals surface area contributed by atoms with Crippen LogP contribution in [-0.4, -0.2) is 43.9 Å². The van der Waals surface area contributed by atoms with Crippen molar-refractivity contribution in [1.29, 1.82) is 0 Å². The number of hydrogen-bond acceptors (Lipinski definition) is 3. The van der Waals surface area contributed by atoms with Crippen molar-refractivity contribution < 1.29 is 17.9 Å². The average molecular weight is 456 g/mol. The first-order chi connectivity index (χ1) is 10.8. The van der Waals surface area contributed by atoms with Gasteiger partial charge in [0.25, 0.3) is 0 Å². The second kappa shape index (κ2) is 9.11. The molecular weight excluding hydrogens is 436 g/mol. The molecule has 0 radical (unpaired) electrons. The standard InChI is InChI=1S/C15H19F3N4O.HI/c1-22-8-6-11(7-9-22)10-20-14(19)21-12-2-4-13(5-3-12)23-15(16,17)18;/h2-6H,7-10H2,1H3,(H3,19,20,21);1H. The Hall–Kier alpha value is -1.49. The monoisotopic (exact) mass is 456 g/mol. The molecule has 1 heterocycles. The summed E-state index contributed by atoms with van der Waals surface area (Å²) >= 11 is 0. The van der Waals surface area contributed by atoms with Crippen LogP contribution in [0.2, 0.25) is 0 Å². The summed E-state index contributed by atoms with van der Waals surface area (Å²) in [6, 6.07) is 5.31. The minimum Gasteiger partial charge on any atom is -0.406 e. The molecule has 2 rings (SSSR count). The van der Waals surface area contributed by atoms with Crippen LogP contribution >= 0.6 is 24.0 Å². The van der Waals surface area contributed by atoms with Crippen molar-refractivity contribution in [3.05, 3.63) is 35.9 Å². The quantitative estimate of drug-likeness (QED) is 0.316. The highest BCUT2D eigenvalue weighted by Gasteiger charge is 2.30. The van der Waals surface area contributed by atoms with Crippen LogP contribution in [0.5, 0.6) is 5.75 Å². The number of aliphatic imine (C=N–C) groups is 1. The smallest absolute Gasteiger partial charge is 0.406 e. The number of likely N-dealkylation sites (N-methyl/N-ethyl adjacent to an activating group) is 1. The summed E-state index contributed by atoms with van der Waals surface area (Å²) in [6.07, 6.45) is -1.61. The van der Waals surface area contributed by atoms with E-state index in [1.807, 2.05) is 0 Å². The number of ether oxygens (including phenoxy) is 1. The van der Waals surface area contributed by atoms with Crippen LogP contribution < -0.4 is 15.8 Å². The Morgan fingerprint density at radius 2 is 2.00 bits per heavy atom. The Bertz CT molecular complexity index is 587. The molecule has 0 bridgehead atoms. The maximum atomic E-state index is 12.1. The van der Waals surface area contributed by atoms with Crippen molar-refractivity contribution in [2.45, 2.75) is 12.8 Å². The molecule has 0 saturated carbocycles. The third-order valence-electron chi connectivity index (χ3n) is 3.32. The van der Waals surface area contributed by atoms with Gasteiger partial charge in [-0.05, 0) is 37.7 Å². The summed E-state index contributed by atoms with van der Waals surface area (Å²) < 4.78 is 40.0. The minimum absolute atomic E-state index is 0. The van der Waals surface area contributed by atoms with E-state index in [4.69, 9.17) is 5.73 Å². The molecule has 1 aliphatic rings. The van der Waals surface area contributed by atoms with Gasteiger partial charge in [0.1, 0.15) is 5.75 Å². The van der Waals surface area contributed by atoms with Crippen molar-refractivity contribution in [3.63, 3.8) is 0 Å². The molecule has 3 N–H and O–H groups in total.